The van der Waals surface area contributed by atoms with E-state index < -0.39 is 5.41 Å². The average molecular weight is 766 g/mol. The van der Waals surface area contributed by atoms with E-state index in [1.165, 1.54) is 66.8 Å². The number of fused-ring (bicyclic) bond motifs is 6. The van der Waals surface area contributed by atoms with Gasteiger partial charge in [-0.05, 0) is 103 Å². The van der Waals surface area contributed by atoms with Gasteiger partial charge in [0.2, 0.25) is 0 Å². The van der Waals surface area contributed by atoms with Gasteiger partial charge >= 0.3 is 0 Å². The van der Waals surface area contributed by atoms with E-state index in [4.69, 9.17) is 9.97 Å². The second-order valence-electron chi connectivity index (χ2n) is 16.5. The summed E-state index contributed by atoms with van der Waals surface area (Å²) < 4.78 is 0. The highest BCUT2D eigenvalue weighted by molar-refractivity contribution is 5.91. The fourth-order valence-electron chi connectivity index (χ4n) is 9.88. The zero-order valence-electron chi connectivity index (χ0n) is 33.4. The fourth-order valence-corrected chi connectivity index (χ4v) is 9.88. The topological polar surface area (TPSA) is 49.6 Å². The van der Waals surface area contributed by atoms with E-state index in [9.17, 15) is 5.26 Å². The summed E-state index contributed by atoms with van der Waals surface area (Å²) in [5.41, 5.74) is 19.3. The molecule has 8 aromatic carbocycles. The van der Waals surface area contributed by atoms with E-state index >= 15 is 0 Å². The van der Waals surface area contributed by atoms with Crippen molar-refractivity contribution in [1.82, 2.24) is 9.97 Å². The summed E-state index contributed by atoms with van der Waals surface area (Å²) in [6, 6.07) is 74.1. The van der Waals surface area contributed by atoms with E-state index in [1.54, 1.807) is 0 Å². The Kier molecular flexibility index (Phi) is 8.12. The molecule has 2 aliphatic rings. The highest BCUT2D eigenvalue weighted by Gasteiger charge is 2.46. The van der Waals surface area contributed by atoms with E-state index in [-0.39, 0.29) is 5.41 Å². The molecule has 0 N–H and O–H groups in total. The molecule has 0 unspecified atom stereocenters. The van der Waals surface area contributed by atoms with Gasteiger partial charge < -0.3 is 0 Å². The van der Waals surface area contributed by atoms with Crippen LogP contribution in [0.3, 0.4) is 0 Å². The molecule has 282 valence electrons. The van der Waals surface area contributed by atoms with Crippen molar-refractivity contribution in [3.05, 3.63) is 239 Å². The number of hydrogen-bond donors (Lipinski definition) is 0. The molecular weight excluding hydrogens is 727 g/mol. The van der Waals surface area contributed by atoms with Gasteiger partial charge in [0.15, 0.2) is 5.82 Å². The molecule has 0 radical (unpaired) electrons. The number of aromatic nitrogens is 2. The number of benzene rings is 8. The second kappa shape index (κ2) is 13.7. The predicted octanol–water partition coefficient (Wildman–Crippen LogP) is 13.7. The highest BCUT2D eigenvalue weighted by atomic mass is 14.9. The van der Waals surface area contributed by atoms with Crippen LogP contribution in [0.25, 0.3) is 67.3 Å². The number of hydrogen-bond acceptors (Lipinski definition) is 3. The lowest BCUT2D eigenvalue weighted by molar-refractivity contribution is 0.660. The van der Waals surface area contributed by atoms with E-state index in [2.05, 4.69) is 190 Å². The molecule has 0 atom stereocenters. The molecular formula is C57H39N3. The minimum Gasteiger partial charge on any atom is -0.228 e. The number of nitriles is 1. The summed E-state index contributed by atoms with van der Waals surface area (Å²) in [6.07, 6.45) is 0. The molecule has 0 saturated heterocycles. The third kappa shape index (κ3) is 5.42. The van der Waals surface area contributed by atoms with Crippen LogP contribution in [0.5, 0.6) is 0 Å². The van der Waals surface area contributed by atoms with Crippen LogP contribution in [-0.4, -0.2) is 9.97 Å². The van der Waals surface area contributed by atoms with Crippen molar-refractivity contribution in [2.45, 2.75) is 24.7 Å². The first kappa shape index (κ1) is 35.5. The maximum atomic E-state index is 9.72. The van der Waals surface area contributed by atoms with Crippen LogP contribution in [0.4, 0.5) is 0 Å². The largest absolute Gasteiger partial charge is 0.228 e. The van der Waals surface area contributed by atoms with Crippen LogP contribution in [0.2, 0.25) is 0 Å². The first-order chi connectivity index (χ1) is 29.4. The first-order valence-corrected chi connectivity index (χ1v) is 20.5. The van der Waals surface area contributed by atoms with Crippen molar-refractivity contribution >= 4 is 0 Å². The summed E-state index contributed by atoms with van der Waals surface area (Å²) in [6.45, 7) is 4.55. The van der Waals surface area contributed by atoms with Gasteiger partial charge in [-0.25, -0.2) is 9.97 Å². The number of rotatable bonds is 6. The first-order valence-electron chi connectivity index (χ1n) is 20.5. The molecule has 0 saturated carbocycles. The summed E-state index contributed by atoms with van der Waals surface area (Å²) in [5.74, 6) is 0.698. The summed E-state index contributed by atoms with van der Waals surface area (Å²) >= 11 is 0. The Balaban J connectivity index is 1.12. The molecule has 0 spiro atoms. The molecule has 2 aliphatic carbocycles. The molecule has 60 heavy (non-hydrogen) atoms. The minimum absolute atomic E-state index is 0.240. The third-order valence-electron chi connectivity index (χ3n) is 12.8. The molecule has 1 heterocycles. The molecule has 3 heteroatoms. The molecule has 0 bridgehead atoms. The summed E-state index contributed by atoms with van der Waals surface area (Å²) in [7, 11) is 0. The van der Waals surface area contributed by atoms with Gasteiger partial charge in [0.05, 0.1) is 28.4 Å². The zero-order valence-corrected chi connectivity index (χ0v) is 33.4. The third-order valence-corrected chi connectivity index (χ3v) is 12.8. The summed E-state index contributed by atoms with van der Waals surface area (Å²) in [4.78, 5) is 10.4. The normalized spacial score (nSPS) is 13.8. The van der Waals surface area contributed by atoms with Crippen molar-refractivity contribution in [2.24, 2.45) is 0 Å². The standard InChI is InChI=1S/C57H39N3/c1-56(2)49-31-37(36-58)23-27-45(49)46-28-24-40(32-50(46)56)41-25-29-47-48-30-26-42(54-35-53(38-15-7-3-8-16-38)59-55(60-54)39-17-9-4-10-18-39)34-52(48)57(51(47)33-41,43-19-11-5-12-20-43)44-21-13-6-14-22-44/h3-35H,1-2H3. The number of nitrogens with zero attached hydrogens (tertiary/aromatic N) is 3. The van der Waals surface area contributed by atoms with Gasteiger partial charge in [0.1, 0.15) is 0 Å². The Morgan fingerprint density at radius 3 is 1.35 bits per heavy atom. The predicted molar refractivity (Wildman–Crippen MR) is 243 cm³/mol. The lowest BCUT2D eigenvalue weighted by Gasteiger charge is -2.34. The molecule has 9 aromatic rings. The molecule has 0 fully saturated rings. The Labute approximate surface area is 351 Å². The molecule has 0 aliphatic heterocycles. The van der Waals surface area contributed by atoms with Crippen molar-refractivity contribution in [3.63, 3.8) is 0 Å². The van der Waals surface area contributed by atoms with Crippen molar-refractivity contribution in [1.29, 1.82) is 5.26 Å². The second-order valence-corrected chi connectivity index (χ2v) is 16.5. The molecule has 0 amide bonds. The van der Waals surface area contributed by atoms with Gasteiger partial charge in [-0.15, -0.1) is 0 Å². The molecule has 1 aromatic heterocycles. The van der Waals surface area contributed by atoms with Crippen LogP contribution in [0.1, 0.15) is 52.8 Å². The SMILES string of the molecule is CC1(C)c2cc(C#N)ccc2-c2ccc(-c3ccc4c(c3)C(c3ccccc3)(c3ccccc3)c3cc(-c5cc(-c6ccccc6)nc(-c6ccccc6)n5)ccc3-4)cc21. The van der Waals surface area contributed by atoms with E-state index in [0.29, 0.717) is 11.4 Å². The lowest BCUT2D eigenvalue weighted by Crippen LogP contribution is -2.28. The lowest BCUT2D eigenvalue weighted by atomic mass is 9.67. The summed E-state index contributed by atoms with van der Waals surface area (Å²) in [5, 5.41) is 9.72. The average Bonchev–Trinajstić information content (AvgIpc) is 3.74. The van der Waals surface area contributed by atoms with Gasteiger partial charge in [-0.1, -0.05) is 178 Å². The van der Waals surface area contributed by atoms with Crippen LogP contribution in [0, 0.1) is 11.3 Å². The monoisotopic (exact) mass is 765 g/mol. The maximum absolute atomic E-state index is 9.72. The van der Waals surface area contributed by atoms with Crippen LogP contribution in [-0.2, 0) is 10.8 Å². The quantitative estimate of drug-likeness (QED) is 0.169. The van der Waals surface area contributed by atoms with Gasteiger partial charge in [0.25, 0.3) is 0 Å². The van der Waals surface area contributed by atoms with Crippen LogP contribution >= 0.6 is 0 Å². The van der Waals surface area contributed by atoms with Crippen LogP contribution < -0.4 is 0 Å². The van der Waals surface area contributed by atoms with E-state index in [1.807, 2.05) is 30.3 Å². The van der Waals surface area contributed by atoms with Crippen molar-refractivity contribution in [3.8, 4) is 73.4 Å². The molecule has 3 nitrogen and oxygen atoms in total. The Morgan fingerprint density at radius 2 is 0.800 bits per heavy atom. The van der Waals surface area contributed by atoms with Crippen LogP contribution in [0.15, 0.2) is 200 Å². The van der Waals surface area contributed by atoms with E-state index in [0.717, 1.165) is 28.1 Å². The molecule has 11 rings (SSSR count). The van der Waals surface area contributed by atoms with Crippen molar-refractivity contribution < 1.29 is 0 Å². The Bertz CT molecular complexity index is 3060. The minimum atomic E-state index is -0.614. The Hall–Kier alpha value is -7.67. The van der Waals surface area contributed by atoms with Gasteiger partial charge in [-0.2, -0.15) is 5.26 Å². The smallest absolute Gasteiger partial charge is 0.160 e. The highest BCUT2D eigenvalue weighted by Crippen LogP contribution is 2.58. The zero-order chi connectivity index (χ0) is 40.4. The van der Waals surface area contributed by atoms with Crippen molar-refractivity contribution in [2.75, 3.05) is 0 Å². The van der Waals surface area contributed by atoms with Gasteiger partial charge in [-0.3, -0.25) is 0 Å². The Morgan fingerprint density at radius 1 is 0.383 bits per heavy atom. The maximum Gasteiger partial charge on any atom is 0.160 e. The van der Waals surface area contributed by atoms with Gasteiger partial charge in [0, 0.05) is 22.1 Å². The fraction of sp³-hybridized carbons (Fsp3) is 0.0702.